The number of halogens is 1. The highest BCUT2D eigenvalue weighted by Crippen LogP contribution is 2.40. The van der Waals surface area contributed by atoms with Crippen LogP contribution >= 0.6 is 11.6 Å². The molecule has 0 aliphatic heterocycles. The molecule has 1 amide bonds. The zero-order valence-electron chi connectivity index (χ0n) is 15.8. The van der Waals surface area contributed by atoms with Gasteiger partial charge in [-0.3, -0.25) is 4.79 Å². The summed E-state index contributed by atoms with van der Waals surface area (Å²) in [5.74, 6) is 1.41. The maximum Gasteiger partial charge on any atom is 0.244 e. The summed E-state index contributed by atoms with van der Waals surface area (Å²) >= 11 is 5.87. The number of carbonyl (C=O) groups excluding carboxylic acids is 1. The molecule has 0 heterocycles. The van der Waals surface area contributed by atoms with E-state index >= 15 is 0 Å². The molecular formula is C21H24ClNO4. The average molecular weight is 390 g/mol. The summed E-state index contributed by atoms with van der Waals surface area (Å²) < 4.78 is 16.0. The van der Waals surface area contributed by atoms with Gasteiger partial charge >= 0.3 is 0 Å². The number of benzene rings is 2. The number of methoxy groups -OCH3 is 3. The SMILES string of the molecule is COc1ccc(/C=C/C(=O)NCCCc2ccc(Cl)cc2)c(OC)c1OC. The Morgan fingerprint density at radius 3 is 2.33 bits per heavy atom. The van der Waals surface area contributed by atoms with Crippen LogP contribution < -0.4 is 19.5 Å². The molecule has 0 bridgehead atoms. The normalized spacial score (nSPS) is 10.7. The van der Waals surface area contributed by atoms with Crippen LogP contribution in [0.15, 0.2) is 42.5 Å². The molecule has 0 aliphatic rings. The van der Waals surface area contributed by atoms with Gasteiger partial charge < -0.3 is 19.5 Å². The molecule has 0 fully saturated rings. The maximum absolute atomic E-state index is 12.0. The first-order valence-corrected chi connectivity index (χ1v) is 8.96. The molecule has 27 heavy (non-hydrogen) atoms. The van der Waals surface area contributed by atoms with Crippen LogP contribution in [0.5, 0.6) is 17.2 Å². The second kappa shape index (κ2) is 10.5. The summed E-state index contributed by atoms with van der Waals surface area (Å²) in [5, 5.41) is 3.60. The molecule has 0 aromatic heterocycles. The van der Waals surface area contributed by atoms with Crippen molar-refractivity contribution in [1.29, 1.82) is 0 Å². The number of nitrogens with one attached hydrogen (secondary N) is 1. The molecule has 0 aliphatic carbocycles. The number of hydrogen-bond donors (Lipinski definition) is 1. The lowest BCUT2D eigenvalue weighted by molar-refractivity contribution is -0.116. The predicted octanol–water partition coefficient (Wildman–Crippen LogP) is 4.13. The highest BCUT2D eigenvalue weighted by atomic mass is 35.5. The largest absolute Gasteiger partial charge is 0.493 e. The number of rotatable bonds is 9. The van der Waals surface area contributed by atoms with Gasteiger partial charge in [-0.15, -0.1) is 0 Å². The van der Waals surface area contributed by atoms with Gasteiger partial charge in [-0.05, 0) is 48.7 Å². The topological polar surface area (TPSA) is 56.8 Å². The minimum atomic E-state index is -0.164. The van der Waals surface area contributed by atoms with Gasteiger partial charge in [0.1, 0.15) is 0 Å². The van der Waals surface area contributed by atoms with Crippen LogP contribution in [-0.2, 0) is 11.2 Å². The van der Waals surface area contributed by atoms with E-state index in [0.717, 1.165) is 23.4 Å². The fourth-order valence-corrected chi connectivity index (χ4v) is 2.76. The van der Waals surface area contributed by atoms with E-state index in [4.69, 9.17) is 25.8 Å². The highest BCUT2D eigenvalue weighted by molar-refractivity contribution is 6.30. The van der Waals surface area contributed by atoms with Gasteiger partial charge in [0, 0.05) is 23.2 Å². The number of amides is 1. The average Bonchev–Trinajstić information content (AvgIpc) is 2.69. The van der Waals surface area contributed by atoms with E-state index in [0.29, 0.717) is 23.8 Å². The number of aryl methyl sites for hydroxylation is 1. The minimum Gasteiger partial charge on any atom is -0.493 e. The summed E-state index contributed by atoms with van der Waals surface area (Å²) in [6, 6.07) is 11.3. The Labute approximate surface area is 164 Å². The molecule has 0 spiro atoms. The quantitative estimate of drug-likeness (QED) is 0.517. The van der Waals surface area contributed by atoms with E-state index in [9.17, 15) is 4.79 Å². The van der Waals surface area contributed by atoms with Crippen molar-refractivity contribution in [1.82, 2.24) is 5.32 Å². The van der Waals surface area contributed by atoms with Crippen molar-refractivity contribution in [3.8, 4) is 17.2 Å². The first-order chi connectivity index (χ1) is 13.1. The van der Waals surface area contributed by atoms with Crippen LogP contribution in [0, 0.1) is 0 Å². The predicted molar refractivity (Wildman–Crippen MR) is 108 cm³/mol. The second-order valence-electron chi connectivity index (χ2n) is 5.78. The van der Waals surface area contributed by atoms with E-state index in [1.54, 1.807) is 33.5 Å². The maximum atomic E-state index is 12.0. The second-order valence-corrected chi connectivity index (χ2v) is 6.21. The Bertz CT molecular complexity index is 788. The standard InChI is InChI=1S/C21H24ClNO4/c1-25-18-12-8-16(20(26-2)21(18)27-3)9-13-19(24)23-14-4-5-15-6-10-17(22)11-7-15/h6-13H,4-5,14H2,1-3H3,(H,23,24)/b13-9+. The first kappa shape index (κ1) is 20.6. The van der Waals surface area contributed by atoms with Gasteiger partial charge in [-0.2, -0.15) is 0 Å². The van der Waals surface area contributed by atoms with Crippen LogP contribution in [0.1, 0.15) is 17.5 Å². The number of ether oxygens (including phenoxy) is 3. The van der Waals surface area contributed by atoms with Crippen molar-refractivity contribution in [2.75, 3.05) is 27.9 Å². The molecular weight excluding hydrogens is 366 g/mol. The fourth-order valence-electron chi connectivity index (χ4n) is 2.64. The summed E-state index contributed by atoms with van der Waals surface area (Å²) in [6.45, 7) is 0.592. The van der Waals surface area contributed by atoms with Crippen LogP contribution in [0.3, 0.4) is 0 Å². The van der Waals surface area contributed by atoms with Crippen molar-refractivity contribution in [3.05, 3.63) is 58.6 Å². The van der Waals surface area contributed by atoms with Crippen molar-refractivity contribution >= 4 is 23.6 Å². The molecule has 2 rings (SSSR count). The van der Waals surface area contributed by atoms with E-state index < -0.39 is 0 Å². The van der Waals surface area contributed by atoms with Crippen molar-refractivity contribution in [2.45, 2.75) is 12.8 Å². The lowest BCUT2D eigenvalue weighted by Crippen LogP contribution is -2.22. The molecule has 2 aromatic rings. The molecule has 0 saturated carbocycles. The van der Waals surface area contributed by atoms with Crippen LogP contribution in [0.25, 0.3) is 6.08 Å². The number of hydrogen-bond acceptors (Lipinski definition) is 4. The third kappa shape index (κ3) is 5.93. The van der Waals surface area contributed by atoms with Crippen LogP contribution in [0.4, 0.5) is 0 Å². The van der Waals surface area contributed by atoms with Gasteiger partial charge in [-0.25, -0.2) is 0 Å². The highest BCUT2D eigenvalue weighted by Gasteiger charge is 2.14. The van der Waals surface area contributed by atoms with E-state index in [1.807, 2.05) is 30.3 Å². The Kier molecular flexibility index (Phi) is 8.01. The molecule has 144 valence electrons. The van der Waals surface area contributed by atoms with Gasteiger partial charge in [-0.1, -0.05) is 23.7 Å². The molecule has 1 N–H and O–H groups in total. The van der Waals surface area contributed by atoms with E-state index in [-0.39, 0.29) is 5.91 Å². The number of carbonyl (C=O) groups is 1. The minimum absolute atomic E-state index is 0.164. The monoisotopic (exact) mass is 389 g/mol. The van der Waals surface area contributed by atoms with Gasteiger partial charge in [0.05, 0.1) is 21.3 Å². The molecule has 0 radical (unpaired) electrons. The summed E-state index contributed by atoms with van der Waals surface area (Å²) in [5.41, 5.74) is 1.92. The third-order valence-electron chi connectivity index (χ3n) is 4.00. The van der Waals surface area contributed by atoms with E-state index in [2.05, 4.69) is 5.32 Å². The first-order valence-electron chi connectivity index (χ1n) is 8.58. The fraction of sp³-hybridized carbons (Fsp3) is 0.286. The molecule has 5 nitrogen and oxygen atoms in total. The van der Waals surface area contributed by atoms with Gasteiger partial charge in [0.2, 0.25) is 11.7 Å². The summed E-state index contributed by atoms with van der Waals surface area (Å²) in [7, 11) is 4.65. The molecule has 0 atom stereocenters. The van der Waals surface area contributed by atoms with Gasteiger partial charge in [0.15, 0.2) is 11.5 Å². The van der Waals surface area contributed by atoms with E-state index in [1.165, 1.54) is 11.6 Å². The Morgan fingerprint density at radius 2 is 1.70 bits per heavy atom. The smallest absolute Gasteiger partial charge is 0.244 e. The lowest BCUT2D eigenvalue weighted by atomic mass is 10.1. The zero-order valence-corrected chi connectivity index (χ0v) is 16.5. The van der Waals surface area contributed by atoms with Crippen LogP contribution in [-0.4, -0.2) is 33.8 Å². The Hall–Kier alpha value is -2.66. The molecule has 6 heteroatoms. The lowest BCUT2D eigenvalue weighted by Gasteiger charge is -2.13. The van der Waals surface area contributed by atoms with Crippen molar-refractivity contribution in [2.24, 2.45) is 0 Å². The zero-order chi connectivity index (χ0) is 19.6. The van der Waals surface area contributed by atoms with Crippen molar-refractivity contribution in [3.63, 3.8) is 0 Å². The van der Waals surface area contributed by atoms with Crippen molar-refractivity contribution < 1.29 is 19.0 Å². The Morgan fingerprint density at radius 1 is 1.00 bits per heavy atom. The Balaban J connectivity index is 1.89. The van der Waals surface area contributed by atoms with Gasteiger partial charge in [0.25, 0.3) is 0 Å². The summed E-state index contributed by atoms with van der Waals surface area (Å²) in [4.78, 5) is 12.0. The van der Waals surface area contributed by atoms with Crippen LogP contribution in [0.2, 0.25) is 5.02 Å². The third-order valence-corrected chi connectivity index (χ3v) is 4.26. The molecule has 2 aromatic carbocycles. The summed E-state index contributed by atoms with van der Waals surface area (Å²) in [6.07, 6.45) is 4.90. The molecule has 0 unspecified atom stereocenters. The molecule has 0 saturated heterocycles.